The van der Waals surface area contributed by atoms with Gasteiger partial charge in [0.1, 0.15) is 0 Å². The summed E-state index contributed by atoms with van der Waals surface area (Å²) in [6.07, 6.45) is 3.77. The molecule has 2 nitrogen and oxygen atoms in total. The maximum absolute atomic E-state index is 4.75. The molecule has 0 spiro atoms. The third-order valence-electron chi connectivity index (χ3n) is 2.71. The second kappa shape index (κ2) is 4.62. The van der Waals surface area contributed by atoms with Crippen LogP contribution in [0, 0.1) is 0 Å². The number of hydrogen-bond donors (Lipinski definition) is 1. The van der Waals surface area contributed by atoms with Crippen molar-refractivity contribution in [1.29, 1.82) is 0 Å². The van der Waals surface area contributed by atoms with Crippen LogP contribution in [0.25, 0.3) is 0 Å². The maximum Gasteiger partial charge on any atom is 0.0929 e. The molecule has 0 aromatic carbocycles. The normalized spacial score (nSPS) is 16.3. The summed E-state index contributed by atoms with van der Waals surface area (Å²) in [7, 11) is 0. The van der Waals surface area contributed by atoms with Gasteiger partial charge in [-0.1, -0.05) is 20.8 Å². The average molecular weight is 224 g/mol. The van der Waals surface area contributed by atoms with Crippen molar-refractivity contribution in [3.63, 3.8) is 0 Å². The van der Waals surface area contributed by atoms with E-state index in [1.807, 2.05) is 11.3 Å². The van der Waals surface area contributed by atoms with Crippen LogP contribution in [-0.2, 0) is 13.0 Å². The first-order valence-electron chi connectivity index (χ1n) is 5.92. The first-order valence-corrected chi connectivity index (χ1v) is 6.74. The van der Waals surface area contributed by atoms with Gasteiger partial charge in [0.2, 0.25) is 0 Å². The van der Waals surface area contributed by atoms with Crippen molar-refractivity contribution in [2.75, 3.05) is 0 Å². The maximum atomic E-state index is 4.75. The largest absolute Gasteiger partial charge is 0.310 e. The van der Waals surface area contributed by atoms with Gasteiger partial charge in [0.15, 0.2) is 0 Å². The topological polar surface area (TPSA) is 24.9 Å². The SMILES string of the molecule is CCc1nc(C2CC2)c(CNC(C)C)s1. The Morgan fingerprint density at radius 1 is 1.47 bits per heavy atom. The summed E-state index contributed by atoms with van der Waals surface area (Å²) in [5.41, 5.74) is 1.39. The molecule has 0 radical (unpaired) electrons. The fraction of sp³-hybridized carbons (Fsp3) is 0.750. The summed E-state index contributed by atoms with van der Waals surface area (Å²) >= 11 is 1.90. The molecule has 1 aliphatic rings. The van der Waals surface area contributed by atoms with Crippen LogP contribution < -0.4 is 5.32 Å². The fourth-order valence-electron chi connectivity index (χ4n) is 1.66. The summed E-state index contributed by atoms with van der Waals surface area (Å²) in [5, 5.41) is 4.80. The van der Waals surface area contributed by atoms with Gasteiger partial charge in [-0.3, -0.25) is 0 Å². The Bertz CT molecular complexity index is 326. The van der Waals surface area contributed by atoms with Gasteiger partial charge < -0.3 is 5.32 Å². The van der Waals surface area contributed by atoms with Crippen LogP contribution in [0.3, 0.4) is 0 Å². The summed E-state index contributed by atoms with van der Waals surface area (Å²) in [5.74, 6) is 0.783. The predicted octanol–water partition coefficient (Wildman–Crippen LogP) is 3.08. The highest BCUT2D eigenvalue weighted by Crippen LogP contribution is 2.42. The van der Waals surface area contributed by atoms with Crippen molar-refractivity contribution in [3.05, 3.63) is 15.6 Å². The lowest BCUT2D eigenvalue weighted by Crippen LogP contribution is -2.21. The molecular weight excluding hydrogens is 204 g/mol. The molecule has 1 aromatic heterocycles. The van der Waals surface area contributed by atoms with Crippen LogP contribution in [-0.4, -0.2) is 11.0 Å². The molecule has 0 unspecified atom stereocenters. The van der Waals surface area contributed by atoms with Gasteiger partial charge in [0.05, 0.1) is 10.7 Å². The molecule has 0 saturated heterocycles. The number of aryl methyl sites for hydroxylation is 1. The van der Waals surface area contributed by atoms with Gasteiger partial charge in [-0.25, -0.2) is 4.98 Å². The Morgan fingerprint density at radius 3 is 2.73 bits per heavy atom. The summed E-state index contributed by atoms with van der Waals surface area (Å²) in [4.78, 5) is 6.22. The lowest BCUT2D eigenvalue weighted by atomic mass is 10.2. The highest BCUT2D eigenvalue weighted by atomic mass is 32.1. The van der Waals surface area contributed by atoms with Crippen molar-refractivity contribution in [3.8, 4) is 0 Å². The minimum atomic E-state index is 0.559. The Hall–Kier alpha value is -0.410. The van der Waals surface area contributed by atoms with Crippen LogP contribution in [0.15, 0.2) is 0 Å². The molecule has 1 aliphatic carbocycles. The van der Waals surface area contributed by atoms with E-state index in [0.717, 1.165) is 18.9 Å². The van der Waals surface area contributed by atoms with Gasteiger partial charge in [-0.15, -0.1) is 11.3 Å². The van der Waals surface area contributed by atoms with Crippen LogP contribution in [0.1, 0.15) is 55.1 Å². The van der Waals surface area contributed by atoms with Crippen molar-refractivity contribution < 1.29 is 0 Å². The second-order valence-corrected chi connectivity index (χ2v) is 5.75. The molecule has 1 aromatic rings. The minimum Gasteiger partial charge on any atom is -0.310 e. The number of hydrogen-bond acceptors (Lipinski definition) is 3. The standard InChI is InChI=1S/C12H20N2S/c1-4-11-14-12(9-5-6-9)10(15-11)7-13-8(2)3/h8-9,13H,4-7H2,1-3H3. The Morgan fingerprint density at radius 2 is 2.20 bits per heavy atom. The Balaban J connectivity index is 2.09. The average Bonchev–Trinajstić information content (AvgIpc) is 2.96. The van der Waals surface area contributed by atoms with Gasteiger partial charge in [-0.05, 0) is 19.3 Å². The highest BCUT2D eigenvalue weighted by Gasteiger charge is 2.29. The van der Waals surface area contributed by atoms with Crippen LogP contribution >= 0.6 is 11.3 Å². The zero-order valence-corrected chi connectivity index (χ0v) is 10.7. The number of rotatable bonds is 5. The zero-order valence-electron chi connectivity index (χ0n) is 9.84. The van der Waals surface area contributed by atoms with E-state index in [0.29, 0.717) is 6.04 Å². The van der Waals surface area contributed by atoms with Crippen LogP contribution in [0.2, 0.25) is 0 Å². The predicted molar refractivity (Wildman–Crippen MR) is 65.4 cm³/mol. The van der Waals surface area contributed by atoms with E-state index in [1.165, 1.54) is 28.4 Å². The van der Waals surface area contributed by atoms with E-state index in [2.05, 4.69) is 26.1 Å². The minimum absolute atomic E-state index is 0.559. The molecule has 84 valence electrons. The number of nitrogens with one attached hydrogen (secondary N) is 1. The third kappa shape index (κ3) is 2.79. The van der Waals surface area contributed by atoms with Gasteiger partial charge >= 0.3 is 0 Å². The van der Waals surface area contributed by atoms with Crippen molar-refractivity contribution in [1.82, 2.24) is 10.3 Å². The van der Waals surface area contributed by atoms with Crippen LogP contribution in [0.5, 0.6) is 0 Å². The number of aromatic nitrogens is 1. The summed E-state index contributed by atoms with van der Waals surface area (Å²) in [6, 6.07) is 0.559. The molecule has 15 heavy (non-hydrogen) atoms. The first-order chi connectivity index (χ1) is 7.20. The van der Waals surface area contributed by atoms with E-state index in [1.54, 1.807) is 0 Å². The Kier molecular flexibility index (Phi) is 3.42. The highest BCUT2D eigenvalue weighted by molar-refractivity contribution is 7.11. The van der Waals surface area contributed by atoms with Gasteiger partial charge in [0, 0.05) is 23.4 Å². The molecule has 1 N–H and O–H groups in total. The monoisotopic (exact) mass is 224 g/mol. The smallest absolute Gasteiger partial charge is 0.0929 e. The molecule has 1 saturated carbocycles. The Labute approximate surface area is 96.1 Å². The van der Waals surface area contributed by atoms with Crippen molar-refractivity contribution >= 4 is 11.3 Å². The lowest BCUT2D eigenvalue weighted by molar-refractivity contribution is 0.590. The van der Waals surface area contributed by atoms with E-state index in [4.69, 9.17) is 4.98 Å². The fourth-order valence-corrected chi connectivity index (χ4v) is 2.71. The molecule has 0 atom stereocenters. The molecule has 1 heterocycles. The van der Waals surface area contributed by atoms with Gasteiger partial charge in [-0.2, -0.15) is 0 Å². The van der Waals surface area contributed by atoms with Crippen molar-refractivity contribution in [2.45, 2.75) is 58.5 Å². The third-order valence-corrected chi connectivity index (χ3v) is 3.92. The molecule has 3 heteroatoms. The number of nitrogens with zero attached hydrogens (tertiary/aromatic N) is 1. The van der Waals surface area contributed by atoms with E-state index in [-0.39, 0.29) is 0 Å². The van der Waals surface area contributed by atoms with E-state index >= 15 is 0 Å². The number of thiazole rings is 1. The summed E-state index contributed by atoms with van der Waals surface area (Å²) in [6.45, 7) is 7.58. The molecule has 2 rings (SSSR count). The molecular formula is C12H20N2S. The van der Waals surface area contributed by atoms with Gasteiger partial charge in [0.25, 0.3) is 0 Å². The van der Waals surface area contributed by atoms with E-state index < -0.39 is 0 Å². The zero-order chi connectivity index (χ0) is 10.8. The summed E-state index contributed by atoms with van der Waals surface area (Å²) < 4.78 is 0. The van der Waals surface area contributed by atoms with Crippen molar-refractivity contribution in [2.24, 2.45) is 0 Å². The molecule has 1 fully saturated rings. The lowest BCUT2D eigenvalue weighted by Gasteiger charge is -2.07. The first kappa shape index (κ1) is 11.1. The molecule has 0 amide bonds. The van der Waals surface area contributed by atoms with E-state index in [9.17, 15) is 0 Å². The quantitative estimate of drug-likeness (QED) is 0.831. The van der Waals surface area contributed by atoms with Crippen LogP contribution in [0.4, 0.5) is 0 Å². The second-order valence-electron chi connectivity index (χ2n) is 4.58. The molecule has 0 aliphatic heterocycles. The molecule has 0 bridgehead atoms.